The third-order valence-corrected chi connectivity index (χ3v) is 11.2. The third-order valence-electron chi connectivity index (χ3n) is 8.63. The molecule has 0 atom stereocenters. The largest absolute Gasteiger partial charge is 0.310 e. The maximum atomic E-state index is 13.3. The lowest BCUT2D eigenvalue weighted by Gasteiger charge is -2.56. The number of aromatic nitrogens is 4. The summed E-state index contributed by atoms with van der Waals surface area (Å²) >= 11 is 6.25. The second kappa shape index (κ2) is 8.24. The van der Waals surface area contributed by atoms with Crippen LogP contribution in [0, 0.1) is 30.1 Å². The Morgan fingerprint density at radius 2 is 1.83 bits per heavy atom. The molecule has 188 valence electrons. The van der Waals surface area contributed by atoms with Crippen molar-refractivity contribution < 1.29 is 13.2 Å². The van der Waals surface area contributed by atoms with E-state index in [4.69, 9.17) is 11.6 Å². The third kappa shape index (κ3) is 3.97. The normalized spacial score (nSPS) is 29.9. The van der Waals surface area contributed by atoms with E-state index in [1.807, 2.05) is 0 Å². The highest BCUT2D eigenvalue weighted by molar-refractivity contribution is 7.89. The number of aryl methyl sites for hydroxylation is 2. The summed E-state index contributed by atoms with van der Waals surface area (Å²) in [6, 6.07) is 0. The fourth-order valence-electron chi connectivity index (χ4n) is 7.70. The molecule has 2 aromatic rings. The molecule has 1 N–H and O–H groups in total. The van der Waals surface area contributed by atoms with E-state index < -0.39 is 10.0 Å². The number of hydrogen-bond donors (Lipinski definition) is 1. The van der Waals surface area contributed by atoms with E-state index in [0.717, 1.165) is 23.3 Å². The monoisotopic (exact) mass is 518 g/mol. The van der Waals surface area contributed by atoms with Crippen LogP contribution in [0.25, 0.3) is 0 Å². The van der Waals surface area contributed by atoms with Gasteiger partial charge in [-0.15, -0.1) is 0 Å². The number of rotatable bonds is 5. The molecular formula is C24H31ClN6O3S. The Labute approximate surface area is 210 Å². The number of carbonyl (C=O) groups is 1. The summed E-state index contributed by atoms with van der Waals surface area (Å²) in [5, 5.41) is 7.30. The summed E-state index contributed by atoms with van der Waals surface area (Å²) in [5.74, 6) is 2.92. The summed E-state index contributed by atoms with van der Waals surface area (Å²) in [5.41, 5.74) is 1.94. The predicted molar refractivity (Wildman–Crippen MR) is 130 cm³/mol. The highest BCUT2D eigenvalue weighted by Crippen LogP contribution is 2.61. The van der Waals surface area contributed by atoms with Gasteiger partial charge in [0, 0.05) is 25.6 Å². The summed E-state index contributed by atoms with van der Waals surface area (Å²) in [7, 11) is -2.22. The van der Waals surface area contributed by atoms with Crippen molar-refractivity contribution >= 4 is 33.3 Å². The average molecular weight is 519 g/mol. The maximum Gasteiger partial charge on any atom is 0.248 e. The first-order valence-electron chi connectivity index (χ1n) is 12.5. The van der Waals surface area contributed by atoms with Gasteiger partial charge in [-0.2, -0.15) is 9.40 Å². The number of fused-ring (bicyclic) bond motifs is 1. The van der Waals surface area contributed by atoms with E-state index in [1.165, 1.54) is 53.8 Å². The predicted octanol–water partition coefficient (Wildman–Crippen LogP) is 3.46. The van der Waals surface area contributed by atoms with Crippen LogP contribution in [0.5, 0.6) is 0 Å². The molecule has 0 aromatic carbocycles. The van der Waals surface area contributed by atoms with Crippen LogP contribution in [0.3, 0.4) is 0 Å². The minimum Gasteiger partial charge on any atom is -0.310 e. The molecule has 7 rings (SSSR count). The van der Waals surface area contributed by atoms with Crippen LogP contribution in [0.15, 0.2) is 11.2 Å². The molecule has 4 saturated carbocycles. The van der Waals surface area contributed by atoms with Gasteiger partial charge in [-0.05, 0) is 75.0 Å². The molecule has 9 nitrogen and oxygen atoms in total. The van der Waals surface area contributed by atoms with E-state index in [0.29, 0.717) is 30.0 Å². The topological polar surface area (TPSA) is 110 Å². The van der Waals surface area contributed by atoms with Crippen molar-refractivity contribution in [2.24, 2.45) is 30.2 Å². The van der Waals surface area contributed by atoms with Crippen molar-refractivity contribution in [1.29, 1.82) is 0 Å². The smallest absolute Gasteiger partial charge is 0.248 e. The van der Waals surface area contributed by atoms with Crippen molar-refractivity contribution in [3.8, 4) is 0 Å². The molecule has 5 aliphatic rings. The molecular weight excluding hydrogens is 488 g/mol. The Balaban J connectivity index is 1.19. The number of nitrogens with one attached hydrogen (secondary N) is 1. The van der Waals surface area contributed by atoms with Crippen LogP contribution in [0.4, 0.5) is 5.82 Å². The van der Waals surface area contributed by atoms with Gasteiger partial charge in [0.05, 0.1) is 17.9 Å². The molecule has 4 fully saturated rings. The SMILES string of the molecule is Cc1nn(C)c(Cl)c1S(=O)(=O)N1CCc2c(ncnc2NC(=O)CC23CC4CC(CC(C4)C2)C3)C1. The molecule has 0 spiro atoms. The van der Waals surface area contributed by atoms with Crippen LogP contribution in [-0.2, 0) is 34.8 Å². The molecule has 0 radical (unpaired) electrons. The number of amides is 1. The second-order valence-corrected chi connectivity index (χ2v) is 13.4. The molecule has 2 aromatic heterocycles. The second-order valence-electron chi connectivity index (χ2n) is 11.2. The molecule has 4 bridgehead atoms. The summed E-state index contributed by atoms with van der Waals surface area (Å²) in [6.45, 7) is 1.99. The van der Waals surface area contributed by atoms with E-state index in [1.54, 1.807) is 14.0 Å². The Bertz CT molecular complexity index is 1270. The minimum atomic E-state index is -3.84. The average Bonchev–Trinajstić information content (AvgIpc) is 3.03. The molecule has 11 heteroatoms. The van der Waals surface area contributed by atoms with Crippen molar-refractivity contribution in [3.63, 3.8) is 0 Å². The van der Waals surface area contributed by atoms with Crippen molar-refractivity contribution in [1.82, 2.24) is 24.1 Å². The summed E-state index contributed by atoms with van der Waals surface area (Å²) in [6.07, 6.45) is 9.95. The lowest BCUT2D eigenvalue weighted by molar-refractivity contribution is -0.124. The van der Waals surface area contributed by atoms with Crippen LogP contribution in [0.2, 0.25) is 5.15 Å². The van der Waals surface area contributed by atoms with E-state index in [2.05, 4.69) is 20.4 Å². The standard InChI is InChI=1S/C24H31ClN6O3S/c1-14-21(22(25)30(2)29-14)35(33,34)31-4-3-18-19(12-31)26-13-27-23(18)28-20(32)11-24-8-15-5-16(9-24)7-17(6-15)10-24/h13,15-17H,3-12H2,1-2H3,(H,26,27,28,32). The number of carbonyl (C=O) groups excluding carboxylic acids is 1. The number of nitrogens with zero attached hydrogens (tertiary/aromatic N) is 5. The number of halogens is 1. The zero-order valence-corrected chi connectivity index (χ0v) is 21.7. The van der Waals surface area contributed by atoms with E-state index in [-0.39, 0.29) is 34.5 Å². The molecule has 4 aliphatic carbocycles. The van der Waals surface area contributed by atoms with E-state index in [9.17, 15) is 13.2 Å². The first-order chi connectivity index (χ1) is 16.6. The van der Waals surface area contributed by atoms with Gasteiger partial charge in [0.2, 0.25) is 15.9 Å². The number of anilines is 1. The zero-order chi connectivity index (χ0) is 24.5. The quantitative estimate of drug-likeness (QED) is 0.649. The van der Waals surface area contributed by atoms with Crippen molar-refractivity contribution in [2.45, 2.75) is 69.7 Å². The lowest BCUT2D eigenvalue weighted by Crippen LogP contribution is -2.47. The maximum absolute atomic E-state index is 13.3. The lowest BCUT2D eigenvalue weighted by atomic mass is 9.49. The van der Waals surface area contributed by atoms with Gasteiger partial charge in [-0.25, -0.2) is 18.4 Å². The molecule has 3 heterocycles. The van der Waals surface area contributed by atoms with Crippen molar-refractivity contribution in [3.05, 3.63) is 28.4 Å². The Morgan fingerprint density at radius 3 is 2.43 bits per heavy atom. The molecule has 1 aliphatic heterocycles. The van der Waals surface area contributed by atoms with Crippen LogP contribution in [-0.4, -0.2) is 44.9 Å². The first kappa shape index (κ1) is 23.4. The fourth-order valence-corrected chi connectivity index (χ4v) is 9.81. The van der Waals surface area contributed by atoms with Gasteiger partial charge < -0.3 is 5.32 Å². The molecule has 35 heavy (non-hydrogen) atoms. The zero-order valence-electron chi connectivity index (χ0n) is 20.1. The van der Waals surface area contributed by atoms with Gasteiger partial charge in [0.1, 0.15) is 22.2 Å². The Morgan fingerprint density at radius 1 is 1.17 bits per heavy atom. The van der Waals surface area contributed by atoms with Crippen LogP contribution in [0.1, 0.15) is 61.9 Å². The molecule has 0 unspecified atom stereocenters. The van der Waals surface area contributed by atoms with Crippen LogP contribution >= 0.6 is 11.6 Å². The summed E-state index contributed by atoms with van der Waals surface area (Å²) in [4.78, 5) is 21.9. The van der Waals surface area contributed by atoms with Gasteiger partial charge >= 0.3 is 0 Å². The minimum absolute atomic E-state index is 0.0145. The van der Waals surface area contributed by atoms with Gasteiger partial charge in [-0.1, -0.05) is 11.6 Å². The van der Waals surface area contributed by atoms with Crippen molar-refractivity contribution in [2.75, 3.05) is 11.9 Å². The summed E-state index contributed by atoms with van der Waals surface area (Å²) < 4.78 is 29.4. The highest BCUT2D eigenvalue weighted by Gasteiger charge is 2.51. The van der Waals surface area contributed by atoms with Gasteiger partial charge in [0.25, 0.3) is 0 Å². The molecule has 0 saturated heterocycles. The van der Waals surface area contributed by atoms with Gasteiger partial charge in [0.15, 0.2) is 0 Å². The van der Waals surface area contributed by atoms with Gasteiger partial charge in [-0.3, -0.25) is 9.48 Å². The molecule has 1 amide bonds. The number of sulfonamides is 1. The van der Waals surface area contributed by atoms with Crippen LogP contribution < -0.4 is 5.32 Å². The Hall–Kier alpha value is -2.04. The highest BCUT2D eigenvalue weighted by atomic mass is 35.5. The first-order valence-corrected chi connectivity index (χ1v) is 14.3. The van der Waals surface area contributed by atoms with E-state index >= 15 is 0 Å². The fraction of sp³-hybridized carbons (Fsp3) is 0.667. The number of hydrogen-bond acceptors (Lipinski definition) is 6. The Kier molecular flexibility index (Phi) is 5.50.